The third-order valence-corrected chi connectivity index (χ3v) is 6.38. The summed E-state index contributed by atoms with van der Waals surface area (Å²) in [5, 5.41) is 3.33. The molecular weight excluding hydrogens is 458 g/mol. The molecule has 3 aromatic carbocycles. The van der Waals surface area contributed by atoms with Crippen molar-refractivity contribution in [1.82, 2.24) is 4.98 Å². The van der Waals surface area contributed by atoms with Crippen molar-refractivity contribution in [2.24, 2.45) is 0 Å². The molecule has 178 valence electrons. The monoisotopic (exact) mass is 479 g/mol. The first-order valence-electron chi connectivity index (χ1n) is 11.1. The van der Waals surface area contributed by atoms with Crippen molar-refractivity contribution in [2.45, 2.75) is 18.8 Å². The Morgan fingerprint density at radius 2 is 1.80 bits per heavy atom. The first-order chi connectivity index (χ1) is 16.8. The summed E-state index contributed by atoms with van der Waals surface area (Å²) in [7, 11) is 3.47. The molecular formula is C27H21F4N3O. The first kappa shape index (κ1) is 22.8. The van der Waals surface area contributed by atoms with Gasteiger partial charge in [-0.1, -0.05) is 24.3 Å². The predicted octanol–water partition coefficient (Wildman–Crippen LogP) is 6.19. The van der Waals surface area contributed by atoms with Crippen molar-refractivity contribution in [2.75, 3.05) is 24.3 Å². The summed E-state index contributed by atoms with van der Waals surface area (Å²) in [6.45, 7) is 0. The van der Waals surface area contributed by atoms with Gasteiger partial charge < -0.3 is 10.2 Å². The molecule has 0 radical (unpaired) electrons. The SMILES string of the molecule is CN(C)c1c(NC(=O)C2CCc3ccccc32)cnc2c(-c3cc(F)cc(F)c3F)c(F)ccc12. The molecule has 1 unspecified atom stereocenters. The van der Waals surface area contributed by atoms with Gasteiger partial charge in [0.1, 0.15) is 11.6 Å². The quantitative estimate of drug-likeness (QED) is 0.280. The van der Waals surface area contributed by atoms with E-state index in [9.17, 15) is 22.4 Å². The topological polar surface area (TPSA) is 45.2 Å². The van der Waals surface area contributed by atoms with E-state index in [1.54, 1.807) is 19.0 Å². The fourth-order valence-electron chi connectivity index (χ4n) is 4.84. The second-order valence-electron chi connectivity index (χ2n) is 8.76. The molecule has 1 heterocycles. The zero-order valence-electron chi connectivity index (χ0n) is 19.0. The van der Waals surface area contributed by atoms with Gasteiger partial charge in [-0.25, -0.2) is 17.6 Å². The average Bonchev–Trinajstić information content (AvgIpc) is 3.25. The predicted molar refractivity (Wildman–Crippen MR) is 127 cm³/mol. The van der Waals surface area contributed by atoms with Gasteiger partial charge in [-0.3, -0.25) is 9.78 Å². The third kappa shape index (κ3) is 3.88. The standard InChI is InChI=1S/C27H21F4N3O/c1-34(2)26-18-9-10-20(29)23(19-11-15(28)12-21(30)24(19)31)25(18)32-13-22(26)33-27(35)17-8-7-14-5-3-4-6-16(14)17/h3-6,9-13,17H,7-8H2,1-2H3,(H,33,35). The van der Waals surface area contributed by atoms with Gasteiger partial charge in [0, 0.05) is 36.7 Å². The van der Waals surface area contributed by atoms with Crippen LogP contribution in [-0.4, -0.2) is 25.0 Å². The number of halogens is 4. The Hall–Kier alpha value is -3.94. The zero-order chi connectivity index (χ0) is 24.9. The number of hydrogen-bond acceptors (Lipinski definition) is 3. The van der Waals surface area contributed by atoms with E-state index >= 15 is 0 Å². The Morgan fingerprint density at radius 3 is 2.57 bits per heavy atom. The number of carbonyl (C=O) groups is 1. The molecule has 0 saturated heterocycles. The molecule has 0 saturated carbocycles. The lowest BCUT2D eigenvalue weighted by molar-refractivity contribution is -0.117. The molecule has 0 aliphatic heterocycles. The van der Waals surface area contributed by atoms with E-state index in [0.29, 0.717) is 29.2 Å². The number of aromatic nitrogens is 1. The van der Waals surface area contributed by atoms with Crippen LogP contribution >= 0.6 is 0 Å². The van der Waals surface area contributed by atoms with E-state index in [4.69, 9.17) is 0 Å². The number of rotatable bonds is 4. The second kappa shape index (κ2) is 8.69. The average molecular weight is 479 g/mol. The molecule has 1 aliphatic carbocycles. The second-order valence-corrected chi connectivity index (χ2v) is 8.76. The van der Waals surface area contributed by atoms with E-state index < -0.39 is 28.8 Å². The minimum atomic E-state index is -1.43. The number of hydrogen-bond donors (Lipinski definition) is 1. The van der Waals surface area contributed by atoms with Crippen LogP contribution in [0, 0.1) is 23.3 Å². The number of carbonyl (C=O) groups excluding carboxylic acids is 1. The Balaban J connectivity index is 1.63. The number of anilines is 2. The van der Waals surface area contributed by atoms with Crippen LogP contribution in [0.3, 0.4) is 0 Å². The molecule has 0 fully saturated rings. The maximum Gasteiger partial charge on any atom is 0.232 e. The van der Waals surface area contributed by atoms with Gasteiger partial charge in [-0.05, 0) is 42.2 Å². The van der Waals surface area contributed by atoms with Gasteiger partial charge in [-0.15, -0.1) is 0 Å². The summed E-state index contributed by atoms with van der Waals surface area (Å²) < 4.78 is 57.3. The number of fused-ring (bicyclic) bond motifs is 2. The van der Waals surface area contributed by atoms with Crippen molar-refractivity contribution >= 4 is 28.2 Å². The van der Waals surface area contributed by atoms with E-state index in [0.717, 1.165) is 29.7 Å². The largest absolute Gasteiger partial charge is 0.375 e. The minimum absolute atomic E-state index is 0.0156. The van der Waals surface area contributed by atoms with Crippen molar-refractivity contribution in [1.29, 1.82) is 0 Å². The molecule has 1 aliphatic rings. The van der Waals surface area contributed by atoms with Crippen LogP contribution in [0.15, 0.2) is 54.7 Å². The number of amides is 1. The molecule has 0 bridgehead atoms. The van der Waals surface area contributed by atoms with Crippen LogP contribution in [0.25, 0.3) is 22.0 Å². The normalized spacial score (nSPS) is 14.7. The van der Waals surface area contributed by atoms with Crippen molar-refractivity contribution < 1.29 is 22.4 Å². The van der Waals surface area contributed by atoms with E-state index in [1.165, 1.54) is 12.3 Å². The maximum atomic E-state index is 14.9. The maximum absolute atomic E-state index is 14.9. The summed E-state index contributed by atoms with van der Waals surface area (Å²) in [6.07, 6.45) is 2.85. The highest BCUT2D eigenvalue weighted by molar-refractivity contribution is 6.08. The number of nitrogens with one attached hydrogen (secondary N) is 1. The minimum Gasteiger partial charge on any atom is -0.375 e. The lowest BCUT2D eigenvalue weighted by Gasteiger charge is -2.22. The summed E-state index contributed by atoms with van der Waals surface area (Å²) >= 11 is 0. The van der Waals surface area contributed by atoms with Crippen LogP contribution in [0.5, 0.6) is 0 Å². The Kier molecular flexibility index (Phi) is 5.67. The van der Waals surface area contributed by atoms with Gasteiger partial charge in [-0.2, -0.15) is 0 Å². The fraction of sp³-hybridized carbons (Fsp3) is 0.185. The van der Waals surface area contributed by atoms with Gasteiger partial charge in [0.2, 0.25) is 5.91 Å². The summed E-state index contributed by atoms with van der Waals surface area (Å²) in [5.74, 6) is -5.22. The Morgan fingerprint density at radius 1 is 1.03 bits per heavy atom. The van der Waals surface area contributed by atoms with Crippen LogP contribution in [0.2, 0.25) is 0 Å². The molecule has 1 N–H and O–H groups in total. The third-order valence-electron chi connectivity index (χ3n) is 6.38. The first-order valence-corrected chi connectivity index (χ1v) is 11.1. The smallest absolute Gasteiger partial charge is 0.232 e. The fourth-order valence-corrected chi connectivity index (χ4v) is 4.84. The van der Waals surface area contributed by atoms with Crippen LogP contribution in [0.1, 0.15) is 23.5 Å². The van der Waals surface area contributed by atoms with E-state index in [1.807, 2.05) is 24.3 Å². The number of nitrogens with zero attached hydrogens (tertiary/aromatic N) is 2. The summed E-state index contributed by atoms with van der Waals surface area (Å²) in [4.78, 5) is 19.2. The molecule has 4 nitrogen and oxygen atoms in total. The molecule has 0 spiro atoms. The molecule has 35 heavy (non-hydrogen) atoms. The summed E-state index contributed by atoms with van der Waals surface area (Å²) in [5.41, 5.74) is 2.11. The highest BCUT2D eigenvalue weighted by Crippen LogP contribution is 2.40. The molecule has 5 rings (SSSR count). The highest BCUT2D eigenvalue weighted by Gasteiger charge is 2.29. The lowest BCUT2D eigenvalue weighted by Crippen LogP contribution is -2.22. The number of pyridine rings is 1. The lowest BCUT2D eigenvalue weighted by atomic mass is 9.98. The van der Waals surface area contributed by atoms with Gasteiger partial charge in [0.05, 0.1) is 29.0 Å². The van der Waals surface area contributed by atoms with Crippen molar-refractivity contribution in [3.05, 3.63) is 89.1 Å². The van der Waals surface area contributed by atoms with Crippen molar-refractivity contribution in [3.8, 4) is 11.1 Å². The van der Waals surface area contributed by atoms with E-state index in [2.05, 4.69) is 10.3 Å². The number of aryl methyl sites for hydroxylation is 1. The highest BCUT2D eigenvalue weighted by atomic mass is 19.2. The summed E-state index contributed by atoms with van der Waals surface area (Å²) in [6, 6.07) is 11.5. The molecule has 4 aromatic rings. The number of benzene rings is 3. The van der Waals surface area contributed by atoms with Gasteiger partial charge in [0.25, 0.3) is 0 Å². The van der Waals surface area contributed by atoms with Crippen LogP contribution < -0.4 is 10.2 Å². The van der Waals surface area contributed by atoms with Gasteiger partial charge >= 0.3 is 0 Å². The van der Waals surface area contributed by atoms with Crippen LogP contribution in [0.4, 0.5) is 28.9 Å². The molecule has 8 heteroatoms. The Labute approximate surface area is 199 Å². The molecule has 1 atom stereocenters. The van der Waals surface area contributed by atoms with Crippen molar-refractivity contribution in [3.63, 3.8) is 0 Å². The molecule has 1 aromatic heterocycles. The van der Waals surface area contributed by atoms with Crippen LogP contribution in [-0.2, 0) is 11.2 Å². The Bertz CT molecular complexity index is 1490. The molecule has 1 amide bonds. The van der Waals surface area contributed by atoms with Gasteiger partial charge in [0.15, 0.2) is 11.6 Å². The van der Waals surface area contributed by atoms with E-state index in [-0.39, 0.29) is 22.9 Å². The zero-order valence-corrected chi connectivity index (χ0v) is 19.0.